The van der Waals surface area contributed by atoms with Gasteiger partial charge < -0.3 is 5.11 Å². The van der Waals surface area contributed by atoms with Crippen LogP contribution in [0.5, 0.6) is 0 Å². The average Bonchev–Trinajstić information content (AvgIpc) is 2.40. The van der Waals surface area contributed by atoms with Crippen LogP contribution in [0, 0.1) is 17.5 Å². The Labute approximate surface area is 116 Å². The summed E-state index contributed by atoms with van der Waals surface area (Å²) < 4.78 is 40.0. The van der Waals surface area contributed by atoms with E-state index in [2.05, 4.69) is 20.9 Å². The first-order chi connectivity index (χ1) is 8.99. The summed E-state index contributed by atoms with van der Waals surface area (Å²) in [6, 6.07) is 4.75. The van der Waals surface area contributed by atoms with Crippen molar-refractivity contribution in [2.24, 2.45) is 0 Å². The molecule has 1 atom stereocenters. The van der Waals surface area contributed by atoms with Gasteiger partial charge in [0.2, 0.25) is 0 Å². The van der Waals surface area contributed by atoms with Gasteiger partial charge in [-0.25, -0.2) is 13.2 Å². The molecule has 2 rings (SSSR count). The first kappa shape index (κ1) is 14.0. The zero-order chi connectivity index (χ0) is 14.0. The van der Waals surface area contributed by atoms with Crippen LogP contribution < -0.4 is 0 Å². The molecule has 0 saturated carbocycles. The van der Waals surface area contributed by atoms with Crippen LogP contribution in [-0.4, -0.2) is 10.1 Å². The molecular formula is C13H9BrF3NO. The Kier molecular flexibility index (Phi) is 4.21. The summed E-state index contributed by atoms with van der Waals surface area (Å²) in [6.45, 7) is 0. The number of halogens is 4. The van der Waals surface area contributed by atoms with E-state index in [1.807, 2.05) is 0 Å². The third-order valence-electron chi connectivity index (χ3n) is 2.63. The highest BCUT2D eigenvalue weighted by Crippen LogP contribution is 2.26. The largest absolute Gasteiger partial charge is 0.386 e. The summed E-state index contributed by atoms with van der Waals surface area (Å²) >= 11 is 2.95. The van der Waals surface area contributed by atoms with Gasteiger partial charge in [-0.15, -0.1) is 0 Å². The lowest BCUT2D eigenvalue weighted by molar-refractivity contribution is 0.170. The highest BCUT2D eigenvalue weighted by atomic mass is 79.9. The van der Waals surface area contributed by atoms with E-state index in [4.69, 9.17) is 0 Å². The van der Waals surface area contributed by atoms with E-state index in [1.165, 1.54) is 12.1 Å². The van der Waals surface area contributed by atoms with Gasteiger partial charge in [0.1, 0.15) is 23.6 Å². The van der Waals surface area contributed by atoms with Crippen LogP contribution in [0.1, 0.15) is 17.4 Å². The van der Waals surface area contributed by atoms with Crippen molar-refractivity contribution in [2.45, 2.75) is 12.5 Å². The molecule has 19 heavy (non-hydrogen) atoms. The molecule has 1 aromatic heterocycles. The summed E-state index contributed by atoms with van der Waals surface area (Å²) in [5, 5.41) is 9.87. The Morgan fingerprint density at radius 3 is 2.53 bits per heavy atom. The predicted molar refractivity (Wildman–Crippen MR) is 66.9 cm³/mol. The van der Waals surface area contributed by atoms with Crippen molar-refractivity contribution < 1.29 is 18.3 Å². The molecular weight excluding hydrogens is 323 g/mol. The van der Waals surface area contributed by atoms with Gasteiger partial charge in [0.25, 0.3) is 0 Å². The first-order valence-corrected chi connectivity index (χ1v) is 6.20. The molecule has 0 radical (unpaired) electrons. The number of benzene rings is 1. The van der Waals surface area contributed by atoms with Crippen molar-refractivity contribution in [3.8, 4) is 0 Å². The number of rotatable bonds is 3. The molecule has 0 aliphatic rings. The van der Waals surface area contributed by atoms with Gasteiger partial charge in [-0.2, -0.15) is 0 Å². The standard InChI is InChI=1S/C13H9BrF3NO/c14-9-2-3-10(16)8(13(9)17)5-12(19)11-4-1-7(15)6-18-11/h1-4,6,12,19H,5H2. The highest BCUT2D eigenvalue weighted by molar-refractivity contribution is 9.10. The Bertz CT molecular complexity index is 589. The van der Waals surface area contributed by atoms with Gasteiger partial charge in [0.05, 0.1) is 16.4 Å². The Balaban J connectivity index is 2.26. The fourth-order valence-electron chi connectivity index (χ4n) is 1.64. The van der Waals surface area contributed by atoms with Crippen molar-refractivity contribution in [2.75, 3.05) is 0 Å². The molecule has 1 unspecified atom stereocenters. The quantitative estimate of drug-likeness (QED) is 0.873. The van der Waals surface area contributed by atoms with E-state index >= 15 is 0 Å². The lowest BCUT2D eigenvalue weighted by Crippen LogP contribution is -2.08. The monoisotopic (exact) mass is 331 g/mol. The minimum absolute atomic E-state index is 0.114. The Morgan fingerprint density at radius 2 is 1.89 bits per heavy atom. The lowest BCUT2D eigenvalue weighted by atomic mass is 10.0. The van der Waals surface area contributed by atoms with Gasteiger partial charge in [-0.05, 0) is 40.2 Å². The fraction of sp³-hybridized carbons (Fsp3) is 0.154. The van der Waals surface area contributed by atoms with Crippen LogP contribution in [0.4, 0.5) is 13.2 Å². The maximum Gasteiger partial charge on any atom is 0.143 e. The van der Waals surface area contributed by atoms with Crippen LogP contribution in [0.15, 0.2) is 34.9 Å². The van der Waals surface area contributed by atoms with E-state index in [-0.39, 0.29) is 22.2 Å². The number of nitrogens with zero attached hydrogens (tertiary/aromatic N) is 1. The summed E-state index contributed by atoms with van der Waals surface area (Å²) in [5.41, 5.74) is -0.0897. The number of aliphatic hydroxyl groups is 1. The molecule has 1 heterocycles. The predicted octanol–water partition coefficient (Wildman–Crippen LogP) is 3.54. The normalized spacial score (nSPS) is 12.5. The molecule has 1 aromatic carbocycles. The first-order valence-electron chi connectivity index (χ1n) is 5.41. The van der Waals surface area contributed by atoms with Crippen molar-refractivity contribution in [3.63, 3.8) is 0 Å². The van der Waals surface area contributed by atoms with Crippen LogP contribution >= 0.6 is 15.9 Å². The highest BCUT2D eigenvalue weighted by Gasteiger charge is 2.18. The second kappa shape index (κ2) is 5.71. The lowest BCUT2D eigenvalue weighted by Gasteiger charge is -2.12. The van der Waals surface area contributed by atoms with Gasteiger partial charge in [-0.1, -0.05) is 0 Å². The average molecular weight is 332 g/mol. The topological polar surface area (TPSA) is 33.1 Å². The second-order valence-electron chi connectivity index (χ2n) is 3.94. The smallest absolute Gasteiger partial charge is 0.143 e. The molecule has 2 aromatic rings. The molecule has 100 valence electrons. The number of aromatic nitrogens is 1. The molecule has 0 bridgehead atoms. The minimum Gasteiger partial charge on any atom is -0.386 e. The second-order valence-corrected chi connectivity index (χ2v) is 4.80. The minimum atomic E-state index is -1.21. The number of hydrogen-bond donors (Lipinski definition) is 1. The SMILES string of the molecule is OC(Cc1c(F)ccc(Br)c1F)c1ccc(F)cn1. The molecule has 2 nitrogen and oxygen atoms in total. The molecule has 0 saturated heterocycles. The number of hydrogen-bond acceptors (Lipinski definition) is 2. The van der Waals surface area contributed by atoms with E-state index in [9.17, 15) is 18.3 Å². The van der Waals surface area contributed by atoms with Crippen molar-refractivity contribution >= 4 is 15.9 Å². The zero-order valence-electron chi connectivity index (χ0n) is 9.58. The Hall–Kier alpha value is -1.40. The van der Waals surface area contributed by atoms with Gasteiger partial charge in [-0.3, -0.25) is 4.98 Å². The van der Waals surface area contributed by atoms with E-state index in [0.717, 1.165) is 18.3 Å². The molecule has 1 N–H and O–H groups in total. The molecule has 0 amide bonds. The van der Waals surface area contributed by atoms with E-state index in [0.29, 0.717) is 0 Å². The summed E-state index contributed by atoms with van der Waals surface area (Å²) in [7, 11) is 0. The number of aliphatic hydroxyl groups excluding tert-OH is 1. The van der Waals surface area contributed by atoms with Crippen LogP contribution in [0.25, 0.3) is 0 Å². The molecule has 0 spiro atoms. The third-order valence-corrected chi connectivity index (χ3v) is 3.24. The molecule has 0 aliphatic carbocycles. The molecule has 6 heteroatoms. The Morgan fingerprint density at radius 1 is 1.16 bits per heavy atom. The van der Waals surface area contributed by atoms with Crippen molar-refractivity contribution in [1.82, 2.24) is 4.98 Å². The molecule has 0 aliphatic heterocycles. The van der Waals surface area contributed by atoms with Crippen LogP contribution in [0.3, 0.4) is 0 Å². The van der Waals surface area contributed by atoms with E-state index < -0.39 is 23.6 Å². The van der Waals surface area contributed by atoms with E-state index in [1.54, 1.807) is 0 Å². The summed E-state index contributed by atoms with van der Waals surface area (Å²) in [4.78, 5) is 3.67. The number of pyridine rings is 1. The maximum absolute atomic E-state index is 13.7. The van der Waals surface area contributed by atoms with Gasteiger partial charge >= 0.3 is 0 Å². The van der Waals surface area contributed by atoms with Crippen LogP contribution in [0.2, 0.25) is 0 Å². The van der Waals surface area contributed by atoms with Crippen molar-refractivity contribution in [1.29, 1.82) is 0 Å². The zero-order valence-corrected chi connectivity index (χ0v) is 11.2. The summed E-state index contributed by atoms with van der Waals surface area (Å²) in [6.07, 6.45) is -0.555. The van der Waals surface area contributed by atoms with Crippen LogP contribution in [-0.2, 0) is 6.42 Å². The maximum atomic E-state index is 13.7. The molecule has 0 fully saturated rings. The van der Waals surface area contributed by atoms with Crippen molar-refractivity contribution in [3.05, 3.63) is 63.6 Å². The fourth-order valence-corrected chi connectivity index (χ4v) is 2.01. The van der Waals surface area contributed by atoms with Gasteiger partial charge in [0, 0.05) is 12.0 Å². The third kappa shape index (κ3) is 3.13. The summed E-state index contributed by atoms with van der Waals surface area (Å²) in [5.74, 6) is -2.06. The van der Waals surface area contributed by atoms with Gasteiger partial charge in [0.15, 0.2) is 0 Å².